The van der Waals surface area contributed by atoms with E-state index >= 15 is 0 Å². The fraction of sp³-hybridized carbons (Fsp3) is 1.00. The maximum absolute atomic E-state index is 6.05. The molecule has 0 aromatic rings. The van der Waals surface area contributed by atoms with Crippen molar-refractivity contribution in [1.29, 1.82) is 0 Å². The van der Waals surface area contributed by atoms with Gasteiger partial charge in [-0.2, -0.15) is 0 Å². The third-order valence-corrected chi connectivity index (χ3v) is 3.33. The topological polar surface area (TPSA) is 26.0 Å². The van der Waals surface area contributed by atoms with Gasteiger partial charge in [-0.15, -0.1) is 0 Å². The monoisotopic (exact) mass is 153 g/mol. The Morgan fingerprint density at radius 2 is 2.09 bits per heavy atom. The molecule has 2 fully saturated rings. The summed E-state index contributed by atoms with van der Waals surface area (Å²) in [6, 6.07) is 0.533. The first-order valence-corrected chi connectivity index (χ1v) is 5.03. The molecule has 0 aromatic heterocycles. The summed E-state index contributed by atoms with van der Waals surface area (Å²) < 4.78 is 0. The van der Waals surface area contributed by atoms with Crippen LogP contribution in [0, 0.1) is 17.8 Å². The zero-order valence-electron chi connectivity index (χ0n) is 7.42. The zero-order chi connectivity index (χ0) is 7.84. The lowest BCUT2D eigenvalue weighted by Crippen LogP contribution is -2.23. The van der Waals surface area contributed by atoms with Crippen molar-refractivity contribution in [2.45, 2.75) is 45.1 Å². The molecular formula is C10H19N. The second-order valence-corrected chi connectivity index (χ2v) is 4.56. The molecule has 2 aliphatic carbocycles. The number of hydrogen-bond acceptors (Lipinski definition) is 1. The summed E-state index contributed by atoms with van der Waals surface area (Å²) in [6.07, 6.45) is 7.05. The minimum Gasteiger partial charge on any atom is -0.327 e. The van der Waals surface area contributed by atoms with Gasteiger partial charge in [0.25, 0.3) is 0 Å². The lowest BCUT2D eigenvalue weighted by atomic mass is 10.0. The molecule has 0 saturated heterocycles. The van der Waals surface area contributed by atoms with Crippen LogP contribution in [0.5, 0.6) is 0 Å². The first-order valence-electron chi connectivity index (χ1n) is 5.03. The first kappa shape index (κ1) is 7.60. The van der Waals surface area contributed by atoms with Crippen LogP contribution in [0.15, 0.2) is 0 Å². The molecule has 0 amide bonds. The first-order chi connectivity index (χ1) is 5.27. The van der Waals surface area contributed by atoms with Crippen molar-refractivity contribution in [2.24, 2.45) is 23.5 Å². The Hall–Kier alpha value is -0.0400. The molecule has 3 atom stereocenters. The van der Waals surface area contributed by atoms with E-state index in [9.17, 15) is 0 Å². The Morgan fingerprint density at radius 3 is 2.55 bits per heavy atom. The third-order valence-electron chi connectivity index (χ3n) is 3.33. The third kappa shape index (κ3) is 1.96. The van der Waals surface area contributed by atoms with Crippen molar-refractivity contribution in [1.82, 2.24) is 0 Å². The summed E-state index contributed by atoms with van der Waals surface area (Å²) in [5, 5.41) is 0. The molecule has 2 aliphatic rings. The molecule has 0 heterocycles. The highest BCUT2D eigenvalue weighted by atomic mass is 14.7. The van der Waals surface area contributed by atoms with Gasteiger partial charge in [0, 0.05) is 6.04 Å². The van der Waals surface area contributed by atoms with E-state index < -0.39 is 0 Å². The van der Waals surface area contributed by atoms with Gasteiger partial charge < -0.3 is 5.73 Å². The highest BCUT2D eigenvalue weighted by Gasteiger charge is 2.37. The number of nitrogens with two attached hydrogens (primary N) is 1. The van der Waals surface area contributed by atoms with Gasteiger partial charge in [0.1, 0.15) is 0 Å². The maximum Gasteiger partial charge on any atom is 0.00699 e. The highest BCUT2D eigenvalue weighted by Crippen LogP contribution is 2.42. The van der Waals surface area contributed by atoms with Crippen molar-refractivity contribution in [3.05, 3.63) is 0 Å². The molecule has 0 radical (unpaired) electrons. The fourth-order valence-corrected chi connectivity index (χ4v) is 2.00. The summed E-state index contributed by atoms with van der Waals surface area (Å²) >= 11 is 0. The number of hydrogen-bond donors (Lipinski definition) is 1. The Morgan fingerprint density at radius 1 is 1.45 bits per heavy atom. The molecular weight excluding hydrogens is 134 g/mol. The van der Waals surface area contributed by atoms with E-state index in [1.807, 2.05) is 0 Å². The summed E-state index contributed by atoms with van der Waals surface area (Å²) in [5.74, 6) is 2.88. The molecule has 1 nitrogen and oxygen atoms in total. The van der Waals surface area contributed by atoms with Gasteiger partial charge in [0.2, 0.25) is 0 Å². The molecule has 0 aromatic carbocycles. The van der Waals surface area contributed by atoms with E-state index in [1.54, 1.807) is 0 Å². The Kier molecular flexibility index (Phi) is 1.92. The molecule has 0 spiro atoms. The maximum atomic E-state index is 6.05. The minimum atomic E-state index is 0.533. The molecule has 1 heteroatoms. The predicted octanol–water partition coefficient (Wildman–Crippen LogP) is 2.16. The van der Waals surface area contributed by atoms with Crippen molar-refractivity contribution in [3.8, 4) is 0 Å². The van der Waals surface area contributed by atoms with Crippen molar-refractivity contribution in [2.75, 3.05) is 0 Å². The lowest BCUT2D eigenvalue weighted by molar-refractivity contribution is 0.490. The van der Waals surface area contributed by atoms with Crippen molar-refractivity contribution in [3.63, 3.8) is 0 Å². The van der Waals surface area contributed by atoms with E-state index in [4.69, 9.17) is 5.73 Å². The predicted molar refractivity (Wildman–Crippen MR) is 47.2 cm³/mol. The summed E-state index contributed by atoms with van der Waals surface area (Å²) in [4.78, 5) is 0. The summed E-state index contributed by atoms with van der Waals surface area (Å²) in [7, 11) is 0. The van der Waals surface area contributed by atoms with Crippen molar-refractivity contribution >= 4 is 0 Å². The van der Waals surface area contributed by atoms with Crippen LogP contribution in [0.1, 0.15) is 39.0 Å². The largest absolute Gasteiger partial charge is 0.327 e. The smallest absolute Gasteiger partial charge is 0.00699 e. The van der Waals surface area contributed by atoms with Gasteiger partial charge in [-0.25, -0.2) is 0 Å². The van der Waals surface area contributed by atoms with Gasteiger partial charge in [0.05, 0.1) is 0 Å². The van der Waals surface area contributed by atoms with Crippen LogP contribution in [-0.4, -0.2) is 6.04 Å². The average Bonchev–Trinajstić information content (AvgIpc) is 2.78. The Labute approximate surface area is 69.4 Å². The van der Waals surface area contributed by atoms with Crippen LogP contribution in [0.3, 0.4) is 0 Å². The normalized spacial score (nSPS) is 38.7. The molecule has 64 valence electrons. The van der Waals surface area contributed by atoms with Gasteiger partial charge >= 0.3 is 0 Å². The highest BCUT2D eigenvalue weighted by molar-refractivity contribution is 4.91. The molecule has 0 aliphatic heterocycles. The Balaban J connectivity index is 1.61. The van der Waals surface area contributed by atoms with Crippen LogP contribution in [0.2, 0.25) is 0 Å². The fourth-order valence-electron chi connectivity index (χ4n) is 2.00. The summed E-state index contributed by atoms with van der Waals surface area (Å²) in [6.45, 7) is 2.32. The summed E-state index contributed by atoms with van der Waals surface area (Å²) in [5.41, 5.74) is 6.05. The van der Waals surface area contributed by atoms with Gasteiger partial charge in [-0.1, -0.05) is 19.8 Å². The van der Waals surface area contributed by atoms with Crippen molar-refractivity contribution < 1.29 is 0 Å². The Bertz CT molecular complexity index is 140. The standard InChI is InChI=1S/C10H19N/c1-7-6-9(7)10(11)5-4-8-2-3-8/h7-10H,2-6,11H2,1H3. The molecule has 11 heavy (non-hydrogen) atoms. The molecule has 3 unspecified atom stereocenters. The lowest BCUT2D eigenvalue weighted by Gasteiger charge is -2.09. The van der Waals surface area contributed by atoms with Gasteiger partial charge in [0.15, 0.2) is 0 Å². The van der Waals surface area contributed by atoms with E-state index in [-0.39, 0.29) is 0 Å². The van der Waals surface area contributed by atoms with Crippen LogP contribution < -0.4 is 5.73 Å². The van der Waals surface area contributed by atoms with Crippen LogP contribution >= 0.6 is 0 Å². The van der Waals surface area contributed by atoms with Gasteiger partial charge in [-0.05, 0) is 37.0 Å². The van der Waals surface area contributed by atoms with E-state index in [0.717, 1.165) is 17.8 Å². The van der Waals surface area contributed by atoms with E-state index in [2.05, 4.69) is 6.92 Å². The minimum absolute atomic E-state index is 0.533. The molecule has 2 saturated carbocycles. The second kappa shape index (κ2) is 2.78. The van der Waals surface area contributed by atoms with E-state index in [1.165, 1.54) is 32.1 Å². The van der Waals surface area contributed by atoms with E-state index in [0.29, 0.717) is 6.04 Å². The molecule has 2 rings (SSSR count). The average molecular weight is 153 g/mol. The van der Waals surface area contributed by atoms with Gasteiger partial charge in [-0.3, -0.25) is 0 Å². The van der Waals surface area contributed by atoms with Crippen LogP contribution in [0.4, 0.5) is 0 Å². The quantitative estimate of drug-likeness (QED) is 0.658. The van der Waals surface area contributed by atoms with Crippen LogP contribution in [0.25, 0.3) is 0 Å². The van der Waals surface area contributed by atoms with Crippen LogP contribution in [-0.2, 0) is 0 Å². The zero-order valence-corrected chi connectivity index (χ0v) is 7.42. The second-order valence-electron chi connectivity index (χ2n) is 4.56. The molecule has 2 N–H and O–H groups in total. The SMILES string of the molecule is CC1CC1C(N)CCC1CC1. The number of rotatable bonds is 4. The molecule has 0 bridgehead atoms.